The molecule has 148 valence electrons. The van der Waals surface area contributed by atoms with Crippen LogP contribution in [0.5, 0.6) is 0 Å². The normalized spacial score (nSPS) is 16.0. The van der Waals surface area contributed by atoms with E-state index in [0.717, 1.165) is 0 Å². The molecule has 1 aliphatic heterocycles. The number of rotatable bonds is 4. The Kier molecular flexibility index (Phi) is 4.86. The molecule has 0 bridgehead atoms. The van der Waals surface area contributed by atoms with Crippen LogP contribution in [0.15, 0.2) is 49.8 Å². The predicted molar refractivity (Wildman–Crippen MR) is 105 cm³/mol. The minimum atomic E-state index is -3.74. The van der Waals surface area contributed by atoms with Crippen molar-refractivity contribution in [3.63, 3.8) is 0 Å². The summed E-state index contributed by atoms with van der Waals surface area (Å²) in [6.07, 6.45) is 0. The monoisotopic (exact) mass is 421 g/mol. The van der Waals surface area contributed by atoms with Gasteiger partial charge in [-0.1, -0.05) is 6.07 Å². The van der Waals surface area contributed by atoms with Crippen LogP contribution in [-0.2, 0) is 16.6 Å². The molecule has 1 aromatic carbocycles. The Balaban J connectivity index is 1.54. The van der Waals surface area contributed by atoms with Gasteiger partial charge in [0.25, 0.3) is 5.91 Å². The number of piperazine rings is 1. The maximum absolute atomic E-state index is 13.0. The van der Waals surface area contributed by atoms with Crippen molar-refractivity contribution in [2.75, 3.05) is 26.2 Å². The molecule has 0 saturated carbocycles. The van der Waals surface area contributed by atoms with Crippen LogP contribution < -0.4 is 5.76 Å². The predicted octanol–water partition coefficient (Wildman–Crippen LogP) is 1.82. The molecule has 0 radical (unpaired) electrons. The fraction of sp³-hybridized carbons (Fsp3) is 0.333. The number of sulfonamides is 1. The Labute approximate surface area is 165 Å². The third kappa shape index (κ3) is 3.17. The van der Waals surface area contributed by atoms with Gasteiger partial charge in [-0.2, -0.15) is 4.31 Å². The van der Waals surface area contributed by atoms with Crippen LogP contribution in [0.2, 0.25) is 0 Å². The number of aromatic nitrogens is 1. The Morgan fingerprint density at radius 3 is 2.57 bits per heavy atom. The molecular formula is C18H19N3O5S2. The highest BCUT2D eigenvalue weighted by molar-refractivity contribution is 7.89. The summed E-state index contributed by atoms with van der Waals surface area (Å²) in [6.45, 7) is 3.37. The molecule has 1 aliphatic rings. The van der Waals surface area contributed by atoms with Crippen LogP contribution in [0.1, 0.15) is 16.6 Å². The van der Waals surface area contributed by atoms with E-state index in [2.05, 4.69) is 0 Å². The number of carbonyl (C=O) groups excluding carboxylic acids is 1. The molecule has 0 unspecified atom stereocenters. The number of nitrogens with zero attached hydrogens (tertiary/aromatic N) is 3. The molecule has 0 N–H and O–H groups in total. The lowest BCUT2D eigenvalue weighted by atomic mass is 10.3. The van der Waals surface area contributed by atoms with Crippen molar-refractivity contribution in [2.45, 2.75) is 18.4 Å². The average Bonchev–Trinajstić information content (AvgIpc) is 3.34. The molecule has 0 aliphatic carbocycles. The molecule has 4 rings (SSSR count). The topological polar surface area (TPSA) is 92.8 Å². The van der Waals surface area contributed by atoms with E-state index in [4.69, 9.17) is 4.42 Å². The van der Waals surface area contributed by atoms with E-state index in [1.54, 1.807) is 17.0 Å². The van der Waals surface area contributed by atoms with Crippen molar-refractivity contribution in [3.05, 3.63) is 51.1 Å². The first-order chi connectivity index (χ1) is 13.4. The molecule has 1 amide bonds. The minimum Gasteiger partial charge on any atom is -0.408 e. The van der Waals surface area contributed by atoms with Gasteiger partial charge in [0.2, 0.25) is 10.0 Å². The number of aryl methyl sites for hydroxylation is 1. The lowest BCUT2D eigenvalue weighted by Crippen LogP contribution is -2.50. The van der Waals surface area contributed by atoms with E-state index in [-0.39, 0.29) is 29.5 Å². The third-order valence-corrected chi connectivity index (χ3v) is 7.60. The standard InChI is InChI=1S/C18H19N3O5S2/c1-2-21-14-6-5-13(12-15(14)26-18(21)23)28(24,25)20-9-7-19(8-10-20)17(22)16-4-3-11-27-16/h3-6,11-12H,2,7-10H2,1H3. The van der Waals surface area contributed by atoms with Crippen LogP contribution >= 0.6 is 11.3 Å². The smallest absolute Gasteiger partial charge is 0.408 e. The zero-order chi connectivity index (χ0) is 19.9. The number of amides is 1. The lowest BCUT2D eigenvalue weighted by Gasteiger charge is -2.33. The second kappa shape index (κ2) is 7.19. The highest BCUT2D eigenvalue weighted by Crippen LogP contribution is 2.23. The average molecular weight is 422 g/mol. The van der Waals surface area contributed by atoms with Gasteiger partial charge in [-0.3, -0.25) is 9.36 Å². The van der Waals surface area contributed by atoms with Gasteiger partial charge in [-0.15, -0.1) is 11.3 Å². The van der Waals surface area contributed by atoms with Gasteiger partial charge < -0.3 is 9.32 Å². The van der Waals surface area contributed by atoms with Crippen LogP contribution in [0.3, 0.4) is 0 Å². The van der Waals surface area contributed by atoms with Gasteiger partial charge in [0.05, 0.1) is 15.3 Å². The number of fused-ring (bicyclic) bond motifs is 1. The van der Waals surface area contributed by atoms with E-state index in [0.29, 0.717) is 30.0 Å². The molecular weight excluding hydrogens is 402 g/mol. The van der Waals surface area contributed by atoms with Crippen molar-refractivity contribution >= 4 is 38.4 Å². The quantitative estimate of drug-likeness (QED) is 0.641. The van der Waals surface area contributed by atoms with Crippen molar-refractivity contribution in [3.8, 4) is 0 Å². The third-order valence-electron chi connectivity index (χ3n) is 4.85. The molecule has 3 aromatic rings. The highest BCUT2D eigenvalue weighted by Gasteiger charge is 2.31. The number of hydrogen-bond acceptors (Lipinski definition) is 6. The highest BCUT2D eigenvalue weighted by atomic mass is 32.2. The first-order valence-corrected chi connectivity index (χ1v) is 11.2. The molecule has 8 nitrogen and oxygen atoms in total. The zero-order valence-corrected chi connectivity index (χ0v) is 16.8. The molecule has 28 heavy (non-hydrogen) atoms. The van der Waals surface area contributed by atoms with Gasteiger partial charge in [0.1, 0.15) is 0 Å². The zero-order valence-electron chi connectivity index (χ0n) is 15.2. The van der Waals surface area contributed by atoms with E-state index in [1.807, 2.05) is 18.4 Å². The summed E-state index contributed by atoms with van der Waals surface area (Å²) in [5.74, 6) is -0.580. The summed E-state index contributed by atoms with van der Waals surface area (Å²) in [4.78, 5) is 26.6. The summed E-state index contributed by atoms with van der Waals surface area (Å²) >= 11 is 1.37. The van der Waals surface area contributed by atoms with Crippen molar-refractivity contribution < 1.29 is 17.6 Å². The molecule has 2 aromatic heterocycles. The maximum atomic E-state index is 13.0. The number of thiophene rings is 1. The Morgan fingerprint density at radius 2 is 1.93 bits per heavy atom. The van der Waals surface area contributed by atoms with E-state index >= 15 is 0 Å². The summed E-state index contributed by atoms with van der Waals surface area (Å²) in [6, 6.07) is 8.05. The molecule has 0 spiro atoms. The Morgan fingerprint density at radius 1 is 1.18 bits per heavy atom. The molecule has 1 fully saturated rings. The fourth-order valence-corrected chi connectivity index (χ4v) is 5.47. The summed E-state index contributed by atoms with van der Waals surface area (Å²) in [5, 5.41) is 1.84. The fourth-order valence-electron chi connectivity index (χ4n) is 3.34. The lowest BCUT2D eigenvalue weighted by molar-refractivity contribution is 0.0703. The van der Waals surface area contributed by atoms with Crippen LogP contribution in [0.25, 0.3) is 11.1 Å². The SMILES string of the molecule is CCn1c(=O)oc2cc(S(=O)(=O)N3CCN(C(=O)c4cccs4)CC3)ccc21. The minimum absolute atomic E-state index is 0.0730. The van der Waals surface area contributed by atoms with Gasteiger partial charge in [-0.25, -0.2) is 13.2 Å². The summed E-state index contributed by atoms with van der Waals surface area (Å²) in [5.41, 5.74) is 0.817. The molecule has 1 saturated heterocycles. The summed E-state index contributed by atoms with van der Waals surface area (Å²) in [7, 11) is -3.74. The van der Waals surface area contributed by atoms with Crippen LogP contribution in [0, 0.1) is 0 Å². The maximum Gasteiger partial charge on any atom is 0.419 e. The number of carbonyl (C=O) groups is 1. The number of hydrogen-bond donors (Lipinski definition) is 0. The van der Waals surface area contributed by atoms with Gasteiger partial charge >= 0.3 is 5.76 Å². The second-order valence-corrected chi connectivity index (χ2v) is 9.30. The molecule has 0 atom stereocenters. The van der Waals surface area contributed by atoms with Crippen molar-refractivity contribution in [1.82, 2.24) is 13.8 Å². The van der Waals surface area contributed by atoms with Gasteiger partial charge in [0, 0.05) is 38.8 Å². The largest absolute Gasteiger partial charge is 0.419 e. The summed E-state index contributed by atoms with van der Waals surface area (Å²) < 4.78 is 34.0. The first kappa shape index (κ1) is 18.9. The van der Waals surface area contributed by atoms with E-state index < -0.39 is 15.8 Å². The molecule has 3 heterocycles. The van der Waals surface area contributed by atoms with Gasteiger partial charge in [0.15, 0.2) is 5.58 Å². The Bertz CT molecular complexity index is 1170. The molecule has 10 heteroatoms. The number of benzene rings is 1. The van der Waals surface area contributed by atoms with Crippen LogP contribution in [0.4, 0.5) is 0 Å². The Hall–Kier alpha value is -2.43. The van der Waals surface area contributed by atoms with Crippen LogP contribution in [-0.4, -0.2) is 54.3 Å². The van der Waals surface area contributed by atoms with Gasteiger partial charge in [-0.05, 0) is 30.5 Å². The first-order valence-electron chi connectivity index (χ1n) is 8.88. The second-order valence-electron chi connectivity index (χ2n) is 6.42. The van der Waals surface area contributed by atoms with E-state index in [1.165, 1.54) is 32.3 Å². The van der Waals surface area contributed by atoms with E-state index in [9.17, 15) is 18.0 Å². The number of oxazole rings is 1. The van der Waals surface area contributed by atoms with Crippen molar-refractivity contribution in [2.24, 2.45) is 0 Å². The van der Waals surface area contributed by atoms with Crippen molar-refractivity contribution in [1.29, 1.82) is 0 Å².